The molecule has 0 unspecified atom stereocenters. The third-order valence-corrected chi connectivity index (χ3v) is 2.57. The highest BCUT2D eigenvalue weighted by Crippen LogP contribution is 2.22. The maximum Gasteiger partial charge on any atom is 0.199 e. The second kappa shape index (κ2) is 3.45. The highest BCUT2D eigenvalue weighted by molar-refractivity contribution is 5.82. The summed E-state index contributed by atoms with van der Waals surface area (Å²) in [6, 6.07) is 12.7. The maximum absolute atomic E-state index is 13.8. The normalized spacial score (nSPS) is 10.8. The molecule has 1 aromatic carbocycles. The Hall–Kier alpha value is -2.16. The van der Waals surface area contributed by atoms with Crippen molar-refractivity contribution in [1.82, 2.24) is 9.55 Å². The van der Waals surface area contributed by atoms with E-state index in [-0.39, 0.29) is 5.95 Å². The summed E-state index contributed by atoms with van der Waals surface area (Å²) in [6.07, 6.45) is 3.32. The van der Waals surface area contributed by atoms with Crippen LogP contribution in [0.1, 0.15) is 0 Å². The number of aromatic nitrogens is 2. The Morgan fingerprint density at radius 2 is 1.94 bits per heavy atom. The van der Waals surface area contributed by atoms with Gasteiger partial charge in [-0.25, -0.2) is 0 Å². The lowest BCUT2D eigenvalue weighted by atomic mass is 10.2. The van der Waals surface area contributed by atoms with Gasteiger partial charge in [-0.1, -0.05) is 18.2 Å². The number of halogens is 1. The minimum absolute atomic E-state index is 0.269. The van der Waals surface area contributed by atoms with Gasteiger partial charge in [0.2, 0.25) is 0 Å². The summed E-state index contributed by atoms with van der Waals surface area (Å²) < 4.78 is 15.4. The van der Waals surface area contributed by atoms with E-state index in [9.17, 15) is 4.39 Å². The van der Waals surface area contributed by atoms with Gasteiger partial charge >= 0.3 is 0 Å². The van der Waals surface area contributed by atoms with Crippen molar-refractivity contribution < 1.29 is 4.39 Å². The molecule has 0 aliphatic rings. The molecule has 16 heavy (non-hydrogen) atoms. The smallest absolute Gasteiger partial charge is 0.199 e. The van der Waals surface area contributed by atoms with E-state index in [1.807, 2.05) is 30.3 Å². The summed E-state index contributed by atoms with van der Waals surface area (Å²) in [7, 11) is 0. The Morgan fingerprint density at radius 3 is 2.75 bits per heavy atom. The average Bonchev–Trinajstić information content (AvgIpc) is 2.66. The second-order valence-electron chi connectivity index (χ2n) is 3.57. The van der Waals surface area contributed by atoms with E-state index < -0.39 is 0 Å². The number of para-hydroxylation sites is 1. The molecule has 0 saturated heterocycles. The van der Waals surface area contributed by atoms with Crippen LogP contribution < -0.4 is 0 Å². The molecule has 0 fully saturated rings. The van der Waals surface area contributed by atoms with Crippen LogP contribution in [0.5, 0.6) is 0 Å². The van der Waals surface area contributed by atoms with Crippen LogP contribution in [0.3, 0.4) is 0 Å². The quantitative estimate of drug-likeness (QED) is 0.605. The molecular weight excluding hydrogens is 203 g/mol. The van der Waals surface area contributed by atoms with Gasteiger partial charge in [-0.2, -0.15) is 4.39 Å². The van der Waals surface area contributed by atoms with Crippen LogP contribution in [-0.4, -0.2) is 9.55 Å². The van der Waals surface area contributed by atoms with E-state index in [0.717, 1.165) is 16.6 Å². The molecule has 0 bridgehead atoms. The summed E-state index contributed by atoms with van der Waals surface area (Å²) in [4.78, 5) is 4.00. The highest BCUT2D eigenvalue weighted by atomic mass is 19.1. The fourth-order valence-corrected chi connectivity index (χ4v) is 1.87. The van der Waals surface area contributed by atoms with Crippen molar-refractivity contribution in [2.75, 3.05) is 0 Å². The van der Waals surface area contributed by atoms with Gasteiger partial charge in [0.25, 0.3) is 0 Å². The van der Waals surface area contributed by atoms with E-state index in [4.69, 9.17) is 0 Å². The number of pyridine rings is 1. The number of benzene rings is 1. The van der Waals surface area contributed by atoms with Gasteiger partial charge in [0, 0.05) is 17.6 Å². The van der Waals surface area contributed by atoms with Crippen molar-refractivity contribution in [3.63, 3.8) is 0 Å². The first kappa shape index (κ1) is 9.09. The summed E-state index contributed by atoms with van der Waals surface area (Å²) in [5, 5.41) is 0.892. The molecule has 2 nitrogen and oxygen atoms in total. The third-order valence-electron chi connectivity index (χ3n) is 2.57. The first-order chi connectivity index (χ1) is 7.86. The summed E-state index contributed by atoms with van der Waals surface area (Å²) >= 11 is 0. The largest absolute Gasteiger partial charge is 0.285 e. The van der Waals surface area contributed by atoms with Crippen LogP contribution in [-0.2, 0) is 0 Å². The Kier molecular flexibility index (Phi) is 1.96. The monoisotopic (exact) mass is 212 g/mol. The number of fused-ring (bicyclic) bond motifs is 1. The molecule has 0 aliphatic heterocycles. The van der Waals surface area contributed by atoms with Crippen LogP contribution in [0.4, 0.5) is 4.39 Å². The Bertz CT molecular complexity index is 629. The van der Waals surface area contributed by atoms with Gasteiger partial charge in [0.05, 0.1) is 17.4 Å². The summed E-state index contributed by atoms with van der Waals surface area (Å²) in [5.41, 5.74) is 1.59. The summed E-state index contributed by atoms with van der Waals surface area (Å²) in [6.45, 7) is 0. The van der Waals surface area contributed by atoms with Crippen LogP contribution in [0.25, 0.3) is 16.6 Å². The van der Waals surface area contributed by atoms with Gasteiger partial charge in [0.15, 0.2) is 5.95 Å². The first-order valence-corrected chi connectivity index (χ1v) is 5.02. The lowest BCUT2D eigenvalue weighted by Crippen LogP contribution is -1.96. The van der Waals surface area contributed by atoms with Gasteiger partial charge in [-0.05, 0) is 18.2 Å². The molecule has 3 aromatic rings. The number of hydrogen-bond donors (Lipinski definition) is 0. The topological polar surface area (TPSA) is 17.8 Å². The first-order valence-electron chi connectivity index (χ1n) is 5.02. The predicted octanol–water partition coefficient (Wildman–Crippen LogP) is 3.16. The molecule has 2 aromatic heterocycles. The summed E-state index contributed by atoms with van der Waals surface area (Å²) in [5.74, 6) is -0.269. The molecule has 78 valence electrons. The molecule has 2 heterocycles. The fraction of sp³-hybridized carbons (Fsp3) is 0. The molecule has 0 atom stereocenters. The maximum atomic E-state index is 13.8. The van der Waals surface area contributed by atoms with Gasteiger partial charge in [0.1, 0.15) is 0 Å². The predicted molar refractivity (Wildman–Crippen MR) is 61.0 cm³/mol. The SMILES string of the molecule is Fc1cc2ccccc2n1-c1cccnc1. The van der Waals surface area contributed by atoms with Crippen LogP contribution in [0, 0.1) is 5.95 Å². The number of rotatable bonds is 1. The van der Waals surface area contributed by atoms with Gasteiger partial charge < -0.3 is 0 Å². The highest BCUT2D eigenvalue weighted by Gasteiger charge is 2.08. The lowest BCUT2D eigenvalue weighted by molar-refractivity contribution is 0.565. The van der Waals surface area contributed by atoms with Crippen molar-refractivity contribution in [3.05, 3.63) is 60.8 Å². The molecule has 0 N–H and O–H groups in total. The third kappa shape index (κ3) is 1.29. The molecule has 3 rings (SSSR count). The molecule has 0 amide bonds. The molecule has 0 saturated carbocycles. The second-order valence-corrected chi connectivity index (χ2v) is 3.57. The van der Waals surface area contributed by atoms with Crippen molar-refractivity contribution in [2.45, 2.75) is 0 Å². The standard InChI is InChI=1S/C13H9FN2/c14-13-8-10-4-1-2-6-12(10)16(13)11-5-3-7-15-9-11/h1-9H. The van der Waals surface area contributed by atoms with Crippen LogP contribution >= 0.6 is 0 Å². The van der Waals surface area contributed by atoms with Crippen molar-refractivity contribution in [1.29, 1.82) is 0 Å². The molecule has 0 aliphatic carbocycles. The van der Waals surface area contributed by atoms with Gasteiger partial charge in [-0.15, -0.1) is 0 Å². The van der Waals surface area contributed by atoms with E-state index in [1.54, 1.807) is 23.0 Å². The number of nitrogens with zero attached hydrogens (tertiary/aromatic N) is 2. The van der Waals surface area contributed by atoms with E-state index >= 15 is 0 Å². The Morgan fingerprint density at radius 1 is 1.06 bits per heavy atom. The molecular formula is C13H9FN2. The Labute approximate surface area is 92.0 Å². The molecule has 3 heteroatoms. The minimum Gasteiger partial charge on any atom is -0.285 e. The average molecular weight is 212 g/mol. The van der Waals surface area contributed by atoms with Crippen molar-refractivity contribution >= 4 is 10.9 Å². The van der Waals surface area contributed by atoms with E-state index in [1.165, 1.54) is 6.07 Å². The van der Waals surface area contributed by atoms with Crippen molar-refractivity contribution in [3.8, 4) is 5.69 Å². The van der Waals surface area contributed by atoms with Crippen molar-refractivity contribution in [2.24, 2.45) is 0 Å². The van der Waals surface area contributed by atoms with E-state index in [0.29, 0.717) is 0 Å². The van der Waals surface area contributed by atoms with E-state index in [2.05, 4.69) is 4.98 Å². The molecule has 0 radical (unpaired) electrons. The fourth-order valence-electron chi connectivity index (χ4n) is 1.87. The van der Waals surface area contributed by atoms with Gasteiger partial charge in [-0.3, -0.25) is 9.55 Å². The lowest BCUT2D eigenvalue weighted by Gasteiger charge is -2.04. The Balaban J connectivity index is 2.35. The number of hydrogen-bond acceptors (Lipinski definition) is 1. The molecule has 0 spiro atoms. The minimum atomic E-state index is -0.269. The zero-order valence-electron chi connectivity index (χ0n) is 8.47. The zero-order valence-corrected chi connectivity index (χ0v) is 8.47. The zero-order chi connectivity index (χ0) is 11.0. The van der Waals surface area contributed by atoms with Crippen LogP contribution in [0.2, 0.25) is 0 Å². The van der Waals surface area contributed by atoms with Crippen LogP contribution in [0.15, 0.2) is 54.9 Å².